The van der Waals surface area contributed by atoms with Crippen molar-refractivity contribution in [3.63, 3.8) is 0 Å². The smallest absolute Gasteiger partial charge is 0.274 e. The maximum absolute atomic E-state index is 13.0. The summed E-state index contributed by atoms with van der Waals surface area (Å²) in [5.74, 6) is 0.655. The van der Waals surface area contributed by atoms with Crippen LogP contribution in [0.2, 0.25) is 0 Å². The highest BCUT2D eigenvalue weighted by Gasteiger charge is 2.15. The Bertz CT molecular complexity index is 1440. The topological polar surface area (TPSA) is 62.5 Å². The summed E-state index contributed by atoms with van der Waals surface area (Å²) in [6.07, 6.45) is 1.73. The summed E-state index contributed by atoms with van der Waals surface area (Å²) in [5.41, 5.74) is 4.12. The number of H-pyrrole nitrogens is 1. The molecule has 0 saturated heterocycles. The lowest BCUT2D eigenvalue weighted by Gasteiger charge is -2.04. The van der Waals surface area contributed by atoms with Crippen LogP contribution < -0.4 is 10.4 Å². The summed E-state index contributed by atoms with van der Waals surface area (Å²) in [7, 11) is 0. The van der Waals surface area contributed by atoms with Gasteiger partial charge in [0, 0.05) is 6.20 Å². The molecule has 0 atom stereocenters. The van der Waals surface area contributed by atoms with Crippen LogP contribution in [0.5, 0.6) is 0 Å². The van der Waals surface area contributed by atoms with E-state index in [0.717, 1.165) is 31.8 Å². The lowest BCUT2D eigenvalue weighted by Crippen LogP contribution is -2.16. The summed E-state index contributed by atoms with van der Waals surface area (Å²) in [6.45, 7) is 1.98. The second-order valence-electron chi connectivity index (χ2n) is 6.49. The number of aromatic nitrogens is 3. The van der Waals surface area contributed by atoms with Crippen LogP contribution in [0, 0.1) is 6.92 Å². The molecule has 0 aliphatic rings. The van der Waals surface area contributed by atoms with Crippen molar-refractivity contribution in [3.8, 4) is 10.4 Å². The minimum atomic E-state index is -0.131. The number of nitrogens with one attached hydrogen (secondary N) is 1. The van der Waals surface area contributed by atoms with Gasteiger partial charge in [0.2, 0.25) is 0 Å². The quantitative estimate of drug-likeness (QED) is 0.489. The van der Waals surface area contributed by atoms with Gasteiger partial charge in [-0.2, -0.15) is 0 Å². The number of nitrogens with zero attached hydrogens (tertiary/aromatic N) is 3. The molecular formula is C22H16N4OS. The number of hydrogen-bond acceptors (Lipinski definition) is 4. The predicted octanol–water partition coefficient (Wildman–Crippen LogP) is 4.45. The molecule has 3 heterocycles. The monoisotopic (exact) mass is 384 g/mol. The van der Waals surface area contributed by atoms with E-state index in [1.54, 1.807) is 6.20 Å². The van der Waals surface area contributed by atoms with Crippen molar-refractivity contribution in [2.24, 2.45) is 4.99 Å². The third-order valence-corrected chi connectivity index (χ3v) is 5.74. The fraction of sp³-hybridized carbons (Fsp3) is 0.0455. The second-order valence-corrected chi connectivity index (χ2v) is 7.47. The predicted molar refractivity (Wildman–Crippen MR) is 113 cm³/mol. The Balaban J connectivity index is 1.98. The van der Waals surface area contributed by atoms with E-state index in [9.17, 15) is 4.79 Å². The first-order valence-electron chi connectivity index (χ1n) is 8.91. The average molecular weight is 384 g/mol. The van der Waals surface area contributed by atoms with E-state index in [1.165, 1.54) is 11.3 Å². The first-order valence-corrected chi connectivity index (χ1v) is 9.72. The van der Waals surface area contributed by atoms with Crippen LogP contribution in [0.3, 0.4) is 0 Å². The maximum Gasteiger partial charge on any atom is 0.274 e. The summed E-state index contributed by atoms with van der Waals surface area (Å²) >= 11 is 1.49. The molecule has 3 aromatic heterocycles. The lowest BCUT2D eigenvalue weighted by molar-refractivity contribution is 1.09. The van der Waals surface area contributed by atoms with Crippen molar-refractivity contribution in [3.05, 3.63) is 93.6 Å². The zero-order valence-corrected chi connectivity index (χ0v) is 15.9. The molecule has 6 heteroatoms. The van der Waals surface area contributed by atoms with E-state index in [1.807, 2.05) is 78.1 Å². The van der Waals surface area contributed by atoms with E-state index >= 15 is 0 Å². The Morgan fingerprint density at radius 1 is 1.00 bits per heavy atom. The molecule has 0 spiro atoms. The third kappa shape index (κ3) is 2.66. The number of thiazole rings is 1. The molecule has 0 aliphatic carbocycles. The summed E-state index contributed by atoms with van der Waals surface area (Å²) in [6, 6.07) is 21.6. The van der Waals surface area contributed by atoms with E-state index in [-0.39, 0.29) is 5.56 Å². The van der Waals surface area contributed by atoms with Gasteiger partial charge in [0.05, 0.1) is 15.9 Å². The lowest BCUT2D eigenvalue weighted by atomic mass is 10.2. The van der Waals surface area contributed by atoms with Crippen molar-refractivity contribution in [1.82, 2.24) is 14.4 Å². The standard InChI is InChI=1S/C22H16N4OS/c1-14-8-7-13-23-20(14)25-22-26-17-12-6-5-11-16(17)24-21(27)18(26)19(28-22)15-9-3-2-4-10-15/h2-13H,1H3,(H,24,27)/b25-22-. The molecule has 5 rings (SSSR count). The molecule has 5 nitrogen and oxygen atoms in total. The molecule has 0 radical (unpaired) electrons. The minimum Gasteiger partial charge on any atom is -0.319 e. The van der Waals surface area contributed by atoms with Gasteiger partial charge < -0.3 is 4.98 Å². The van der Waals surface area contributed by atoms with Crippen molar-refractivity contribution >= 4 is 33.7 Å². The van der Waals surface area contributed by atoms with Gasteiger partial charge in [-0.1, -0.05) is 59.9 Å². The fourth-order valence-electron chi connectivity index (χ4n) is 3.31. The van der Waals surface area contributed by atoms with Crippen LogP contribution >= 0.6 is 11.3 Å². The third-order valence-electron chi connectivity index (χ3n) is 4.65. The van der Waals surface area contributed by atoms with Gasteiger partial charge >= 0.3 is 0 Å². The first kappa shape index (κ1) is 16.6. The average Bonchev–Trinajstić information content (AvgIpc) is 3.11. The molecule has 0 fully saturated rings. The molecule has 0 saturated carbocycles. The Labute approximate surface area is 164 Å². The van der Waals surface area contributed by atoms with E-state index in [0.29, 0.717) is 11.3 Å². The highest BCUT2D eigenvalue weighted by Crippen LogP contribution is 2.28. The van der Waals surface area contributed by atoms with Crippen LogP contribution in [0.4, 0.5) is 5.82 Å². The molecule has 0 bridgehead atoms. The largest absolute Gasteiger partial charge is 0.319 e. The molecule has 2 aromatic carbocycles. The number of rotatable bonds is 2. The number of benzene rings is 2. The van der Waals surface area contributed by atoms with Crippen molar-refractivity contribution < 1.29 is 0 Å². The number of para-hydroxylation sites is 2. The maximum atomic E-state index is 13.0. The van der Waals surface area contributed by atoms with Crippen molar-refractivity contribution in [2.75, 3.05) is 0 Å². The zero-order chi connectivity index (χ0) is 19.1. The highest BCUT2D eigenvalue weighted by molar-refractivity contribution is 7.13. The van der Waals surface area contributed by atoms with Crippen LogP contribution in [0.1, 0.15) is 5.56 Å². The fourth-order valence-corrected chi connectivity index (χ4v) is 4.44. The van der Waals surface area contributed by atoms with Crippen LogP contribution in [-0.4, -0.2) is 14.4 Å². The van der Waals surface area contributed by atoms with Gasteiger partial charge in [0.25, 0.3) is 5.56 Å². The Morgan fingerprint density at radius 3 is 2.61 bits per heavy atom. The molecule has 0 unspecified atom stereocenters. The minimum absolute atomic E-state index is 0.131. The second kappa shape index (κ2) is 6.58. The van der Waals surface area contributed by atoms with Crippen LogP contribution in [0.25, 0.3) is 27.0 Å². The molecule has 5 aromatic rings. The van der Waals surface area contributed by atoms with Gasteiger partial charge in [-0.05, 0) is 36.2 Å². The van der Waals surface area contributed by atoms with Gasteiger partial charge in [0.15, 0.2) is 10.6 Å². The Kier molecular flexibility index (Phi) is 3.91. The number of aromatic amines is 1. The van der Waals surface area contributed by atoms with E-state index < -0.39 is 0 Å². The normalized spacial score (nSPS) is 12.1. The number of aryl methyl sites for hydroxylation is 1. The highest BCUT2D eigenvalue weighted by atomic mass is 32.1. The van der Waals surface area contributed by atoms with Gasteiger partial charge in [0.1, 0.15) is 5.52 Å². The van der Waals surface area contributed by atoms with Crippen LogP contribution in [0.15, 0.2) is 82.7 Å². The van der Waals surface area contributed by atoms with Gasteiger partial charge in [-0.3, -0.25) is 9.20 Å². The summed E-state index contributed by atoms with van der Waals surface area (Å²) in [4.78, 5) is 26.8. The van der Waals surface area contributed by atoms with E-state index in [2.05, 4.69) is 9.97 Å². The molecule has 0 aliphatic heterocycles. The van der Waals surface area contributed by atoms with Gasteiger partial charge in [-0.15, -0.1) is 0 Å². The number of pyridine rings is 1. The van der Waals surface area contributed by atoms with E-state index in [4.69, 9.17) is 4.99 Å². The van der Waals surface area contributed by atoms with Crippen LogP contribution in [-0.2, 0) is 0 Å². The van der Waals surface area contributed by atoms with Crippen molar-refractivity contribution in [1.29, 1.82) is 0 Å². The molecular weight excluding hydrogens is 368 g/mol. The molecule has 1 N–H and O–H groups in total. The SMILES string of the molecule is Cc1cccnc1/N=c1\sc(-c2ccccc2)c2c(=O)[nH]c3ccccc3n12. The Morgan fingerprint density at radius 2 is 1.79 bits per heavy atom. The first-order chi connectivity index (χ1) is 13.7. The number of fused-ring (bicyclic) bond motifs is 3. The molecule has 28 heavy (non-hydrogen) atoms. The number of hydrogen-bond donors (Lipinski definition) is 1. The molecule has 0 amide bonds. The summed E-state index contributed by atoms with van der Waals surface area (Å²) < 4.78 is 1.94. The van der Waals surface area contributed by atoms with Crippen molar-refractivity contribution in [2.45, 2.75) is 6.92 Å². The molecule has 136 valence electrons. The summed E-state index contributed by atoms with van der Waals surface area (Å²) in [5, 5.41) is 0. The Hall–Kier alpha value is -3.51. The van der Waals surface area contributed by atoms with Gasteiger partial charge in [-0.25, -0.2) is 9.98 Å². The zero-order valence-electron chi connectivity index (χ0n) is 15.1.